The zero-order valence-corrected chi connectivity index (χ0v) is 15.6. The lowest BCUT2D eigenvalue weighted by Gasteiger charge is -2.08. The van der Waals surface area contributed by atoms with E-state index in [0.717, 1.165) is 39.9 Å². The predicted octanol–water partition coefficient (Wildman–Crippen LogP) is 4.46. The summed E-state index contributed by atoms with van der Waals surface area (Å²) in [6.45, 7) is 1.53. The van der Waals surface area contributed by atoms with Crippen LogP contribution in [-0.4, -0.2) is 15.5 Å². The molecule has 0 aliphatic carbocycles. The number of aromatic nitrogens is 2. The molecule has 1 amide bonds. The molecule has 0 spiro atoms. The Labute approximate surface area is 155 Å². The van der Waals surface area contributed by atoms with Gasteiger partial charge in [-0.25, -0.2) is 4.98 Å². The van der Waals surface area contributed by atoms with Crippen LogP contribution in [0, 0.1) is 0 Å². The van der Waals surface area contributed by atoms with Gasteiger partial charge in [0.25, 0.3) is 5.91 Å². The second kappa shape index (κ2) is 7.00. The molecule has 128 valence electrons. The molecule has 0 bridgehead atoms. The van der Waals surface area contributed by atoms with Gasteiger partial charge in [-0.05, 0) is 42.7 Å². The SMILES string of the molecule is O=C(NCc1ccccc1Br)c1ccc2c(c1)nc1n2CCCCC1. The molecule has 1 aliphatic rings. The third kappa shape index (κ3) is 3.33. The summed E-state index contributed by atoms with van der Waals surface area (Å²) in [5.74, 6) is 1.08. The van der Waals surface area contributed by atoms with Gasteiger partial charge in [-0.1, -0.05) is 40.5 Å². The molecule has 3 aromatic rings. The first-order chi connectivity index (χ1) is 12.2. The number of fused-ring (bicyclic) bond motifs is 3. The van der Waals surface area contributed by atoms with Gasteiger partial charge < -0.3 is 9.88 Å². The van der Waals surface area contributed by atoms with Crippen LogP contribution in [0.1, 0.15) is 41.0 Å². The monoisotopic (exact) mass is 397 g/mol. The summed E-state index contributed by atoms with van der Waals surface area (Å²) in [4.78, 5) is 17.3. The lowest BCUT2D eigenvalue weighted by Crippen LogP contribution is -2.22. The van der Waals surface area contributed by atoms with Gasteiger partial charge >= 0.3 is 0 Å². The smallest absolute Gasteiger partial charge is 0.251 e. The van der Waals surface area contributed by atoms with Crippen LogP contribution in [0.5, 0.6) is 0 Å². The van der Waals surface area contributed by atoms with E-state index in [1.54, 1.807) is 0 Å². The minimum Gasteiger partial charge on any atom is -0.348 e. The molecule has 1 N–H and O–H groups in total. The van der Waals surface area contributed by atoms with Crippen LogP contribution in [0.4, 0.5) is 0 Å². The molecule has 1 aromatic heterocycles. The zero-order chi connectivity index (χ0) is 17.2. The fourth-order valence-electron chi connectivity index (χ4n) is 3.41. The molecular formula is C20H20BrN3O. The highest BCUT2D eigenvalue weighted by atomic mass is 79.9. The van der Waals surface area contributed by atoms with E-state index in [1.807, 2.05) is 42.5 Å². The third-order valence-electron chi connectivity index (χ3n) is 4.77. The average Bonchev–Trinajstić information content (AvgIpc) is 2.81. The number of aryl methyl sites for hydroxylation is 2. The van der Waals surface area contributed by atoms with E-state index in [0.29, 0.717) is 12.1 Å². The van der Waals surface area contributed by atoms with Crippen molar-refractivity contribution in [3.63, 3.8) is 0 Å². The molecule has 2 aromatic carbocycles. The molecule has 4 rings (SSSR count). The number of halogens is 1. The Balaban J connectivity index is 1.55. The summed E-state index contributed by atoms with van der Waals surface area (Å²) in [6.07, 6.45) is 4.69. The third-order valence-corrected chi connectivity index (χ3v) is 5.54. The molecular weight excluding hydrogens is 378 g/mol. The molecule has 5 heteroatoms. The minimum atomic E-state index is -0.0687. The molecule has 1 aliphatic heterocycles. The van der Waals surface area contributed by atoms with Crippen LogP contribution < -0.4 is 5.32 Å². The number of nitrogens with zero attached hydrogens (tertiary/aromatic N) is 2. The Morgan fingerprint density at radius 1 is 1.16 bits per heavy atom. The highest BCUT2D eigenvalue weighted by Crippen LogP contribution is 2.23. The van der Waals surface area contributed by atoms with Crippen LogP contribution in [0.15, 0.2) is 46.9 Å². The van der Waals surface area contributed by atoms with Crippen LogP contribution in [0.25, 0.3) is 11.0 Å². The first-order valence-corrected chi connectivity index (χ1v) is 9.52. The van der Waals surface area contributed by atoms with Gasteiger partial charge in [-0.15, -0.1) is 0 Å². The average molecular weight is 398 g/mol. The molecule has 0 fully saturated rings. The summed E-state index contributed by atoms with van der Waals surface area (Å²) < 4.78 is 3.31. The second-order valence-corrected chi connectivity index (χ2v) is 7.32. The Hall–Kier alpha value is -2.14. The Morgan fingerprint density at radius 3 is 2.92 bits per heavy atom. The van der Waals surface area contributed by atoms with Crippen molar-refractivity contribution in [2.24, 2.45) is 0 Å². The lowest BCUT2D eigenvalue weighted by atomic mass is 10.1. The van der Waals surface area contributed by atoms with Gasteiger partial charge in [0.05, 0.1) is 11.0 Å². The Morgan fingerprint density at radius 2 is 2.04 bits per heavy atom. The number of hydrogen-bond acceptors (Lipinski definition) is 2. The van der Waals surface area contributed by atoms with Crippen molar-refractivity contribution < 1.29 is 4.79 Å². The molecule has 0 saturated heterocycles. The van der Waals surface area contributed by atoms with Crippen molar-refractivity contribution in [3.8, 4) is 0 Å². The number of hydrogen-bond donors (Lipinski definition) is 1. The van der Waals surface area contributed by atoms with Crippen molar-refractivity contribution in [1.82, 2.24) is 14.9 Å². The Kier molecular flexibility index (Phi) is 4.57. The first kappa shape index (κ1) is 16.3. The van der Waals surface area contributed by atoms with Crippen LogP contribution in [0.2, 0.25) is 0 Å². The number of carbonyl (C=O) groups excluding carboxylic acids is 1. The summed E-state index contributed by atoms with van der Waals surface area (Å²) in [6, 6.07) is 13.8. The number of nitrogens with one attached hydrogen (secondary N) is 1. The first-order valence-electron chi connectivity index (χ1n) is 8.73. The van der Waals surface area contributed by atoms with Crippen molar-refractivity contribution in [3.05, 3.63) is 63.9 Å². The van der Waals surface area contributed by atoms with E-state index >= 15 is 0 Å². The van der Waals surface area contributed by atoms with E-state index in [4.69, 9.17) is 4.98 Å². The maximum absolute atomic E-state index is 12.5. The highest BCUT2D eigenvalue weighted by Gasteiger charge is 2.15. The maximum Gasteiger partial charge on any atom is 0.251 e. The highest BCUT2D eigenvalue weighted by molar-refractivity contribution is 9.10. The minimum absolute atomic E-state index is 0.0687. The fourth-order valence-corrected chi connectivity index (χ4v) is 3.84. The van der Waals surface area contributed by atoms with Gasteiger partial charge in [-0.2, -0.15) is 0 Å². The van der Waals surface area contributed by atoms with Gasteiger partial charge in [0, 0.05) is 29.5 Å². The molecule has 25 heavy (non-hydrogen) atoms. The van der Waals surface area contributed by atoms with Crippen molar-refractivity contribution in [2.75, 3.05) is 0 Å². The number of imidazole rings is 1. The summed E-state index contributed by atoms with van der Waals surface area (Å²) in [5, 5.41) is 2.99. The number of benzene rings is 2. The summed E-state index contributed by atoms with van der Waals surface area (Å²) in [7, 11) is 0. The molecule has 0 unspecified atom stereocenters. The largest absolute Gasteiger partial charge is 0.348 e. The predicted molar refractivity (Wildman–Crippen MR) is 103 cm³/mol. The summed E-state index contributed by atoms with van der Waals surface area (Å²) >= 11 is 3.51. The van der Waals surface area contributed by atoms with Gasteiger partial charge in [0.2, 0.25) is 0 Å². The van der Waals surface area contributed by atoms with E-state index in [1.165, 1.54) is 19.3 Å². The molecule has 0 saturated carbocycles. The van der Waals surface area contributed by atoms with Gasteiger partial charge in [-0.3, -0.25) is 4.79 Å². The lowest BCUT2D eigenvalue weighted by molar-refractivity contribution is 0.0951. The van der Waals surface area contributed by atoms with E-state index < -0.39 is 0 Å². The Bertz CT molecular complexity index is 932. The standard InChI is InChI=1S/C20H20BrN3O/c21-16-7-4-3-6-15(16)13-22-20(25)14-9-10-18-17(12-14)23-19-8-2-1-5-11-24(18)19/h3-4,6-7,9-10,12H,1-2,5,8,11,13H2,(H,22,25). The fraction of sp³-hybridized carbons (Fsp3) is 0.300. The maximum atomic E-state index is 12.5. The van der Waals surface area contributed by atoms with Crippen LogP contribution >= 0.6 is 15.9 Å². The zero-order valence-electron chi connectivity index (χ0n) is 14.0. The van der Waals surface area contributed by atoms with Gasteiger partial charge in [0.1, 0.15) is 5.82 Å². The van der Waals surface area contributed by atoms with E-state index in [-0.39, 0.29) is 5.91 Å². The number of amides is 1. The second-order valence-electron chi connectivity index (χ2n) is 6.47. The number of carbonyl (C=O) groups is 1. The quantitative estimate of drug-likeness (QED) is 0.709. The van der Waals surface area contributed by atoms with Crippen LogP contribution in [-0.2, 0) is 19.5 Å². The van der Waals surface area contributed by atoms with Crippen molar-refractivity contribution >= 4 is 32.9 Å². The topological polar surface area (TPSA) is 46.9 Å². The normalized spacial score (nSPS) is 14.1. The van der Waals surface area contributed by atoms with Crippen molar-refractivity contribution in [1.29, 1.82) is 0 Å². The molecule has 4 nitrogen and oxygen atoms in total. The van der Waals surface area contributed by atoms with Crippen LogP contribution in [0.3, 0.4) is 0 Å². The van der Waals surface area contributed by atoms with E-state index in [2.05, 4.69) is 25.8 Å². The molecule has 0 atom stereocenters. The molecule has 0 radical (unpaired) electrons. The van der Waals surface area contributed by atoms with E-state index in [9.17, 15) is 4.79 Å². The molecule has 2 heterocycles. The summed E-state index contributed by atoms with van der Waals surface area (Å²) in [5.41, 5.74) is 3.78. The number of rotatable bonds is 3. The van der Waals surface area contributed by atoms with Crippen molar-refractivity contribution in [2.45, 2.75) is 38.8 Å². The van der Waals surface area contributed by atoms with Gasteiger partial charge in [0.15, 0.2) is 0 Å².